The van der Waals surface area contributed by atoms with Crippen LogP contribution in [0.5, 0.6) is 0 Å². The minimum atomic E-state index is -0.397. The molecule has 0 atom stereocenters. The molecule has 3 aromatic rings. The number of amides is 2. The summed E-state index contributed by atoms with van der Waals surface area (Å²) in [6, 6.07) is 12.5. The maximum atomic E-state index is 13.0. The normalized spacial score (nSPS) is 11.3. The highest BCUT2D eigenvalue weighted by molar-refractivity contribution is 5.98. The van der Waals surface area contributed by atoms with E-state index in [1.807, 2.05) is 45.9 Å². The van der Waals surface area contributed by atoms with E-state index in [4.69, 9.17) is 4.42 Å². The van der Waals surface area contributed by atoms with Crippen LogP contribution in [-0.4, -0.2) is 44.1 Å². The lowest BCUT2D eigenvalue weighted by molar-refractivity contribution is -0.125. The average molecular weight is 396 g/mol. The van der Waals surface area contributed by atoms with Crippen molar-refractivity contribution in [3.8, 4) is 11.6 Å². The van der Waals surface area contributed by atoms with Crippen molar-refractivity contribution in [1.82, 2.24) is 25.5 Å². The zero-order chi connectivity index (χ0) is 21.0. The number of aryl methyl sites for hydroxylation is 1. The molecular weight excluding hydrogens is 372 g/mol. The van der Waals surface area contributed by atoms with E-state index in [2.05, 4.69) is 20.7 Å². The van der Waals surface area contributed by atoms with Crippen LogP contribution in [0.15, 0.2) is 46.9 Å². The molecule has 1 aromatic carbocycles. The van der Waals surface area contributed by atoms with Crippen LogP contribution in [-0.2, 0) is 16.1 Å². The molecule has 3 rings (SSSR count). The fourth-order valence-corrected chi connectivity index (χ4v) is 2.70. The molecule has 0 saturated carbocycles. The molecule has 0 aliphatic carbocycles. The summed E-state index contributed by atoms with van der Waals surface area (Å²) in [5.74, 6) is 0.911. The predicted octanol–water partition coefficient (Wildman–Crippen LogP) is 2.19. The number of nitrogens with one attached hydrogen (secondary N) is 1. The molecule has 0 fully saturated rings. The Kier molecular flexibility index (Phi) is 5.76. The topological polar surface area (TPSA) is 106 Å². The Morgan fingerprint density at radius 2 is 1.86 bits per heavy atom. The summed E-state index contributed by atoms with van der Waals surface area (Å²) in [7, 11) is 0. The van der Waals surface area contributed by atoms with Gasteiger partial charge in [0.15, 0.2) is 5.76 Å². The number of tetrazole rings is 1. The van der Waals surface area contributed by atoms with Crippen LogP contribution in [0.25, 0.3) is 11.6 Å². The summed E-state index contributed by atoms with van der Waals surface area (Å²) in [4.78, 5) is 28.0. The summed E-state index contributed by atoms with van der Waals surface area (Å²) in [6.07, 6.45) is 0. The smallest absolute Gasteiger partial charge is 0.251 e. The molecule has 0 radical (unpaired) electrons. The highest BCUT2D eigenvalue weighted by atomic mass is 16.3. The molecule has 2 heterocycles. The molecule has 2 amide bonds. The highest BCUT2D eigenvalue weighted by Crippen LogP contribution is 2.17. The van der Waals surface area contributed by atoms with Crippen molar-refractivity contribution in [2.75, 3.05) is 11.4 Å². The van der Waals surface area contributed by atoms with Gasteiger partial charge in [-0.05, 0) is 57.2 Å². The second-order valence-corrected chi connectivity index (χ2v) is 7.67. The first kappa shape index (κ1) is 20.2. The van der Waals surface area contributed by atoms with Crippen molar-refractivity contribution in [2.45, 2.75) is 39.8 Å². The van der Waals surface area contributed by atoms with Gasteiger partial charge >= 0.3 is 0 Å². The van der Waals surface area contributed by atoms with Gasteiger partial charge in [-0.1, -0.05) is 18.2 Å². The number of nitrogens with zero attached hydrogens (tertiary/aromatic N) is 5. The molecule has 2 aromatic heterocycles. The number of para-hydroxylation sites is 1. The van der Waals surface area contributed by atoms with Crippen molar-refractivity contribution in [3.05, 3.63) is 48.2 Å². The largest absolute Gasteiger partial charge is 0.458 e. The molecule has 0 aliphatic heterocycles. The predicted molar refractivity (Wildman–Crippen MR) is 107 cm³/mol. The van der Waals surface area contributed by atoms with Gasteiger partial charge in [-0.25, -0.2) is 0 Å². The van der Waals surface area contributed by atoms with E-state index >= 15 is 0 Å². The molecule has 0 bridgehead atoms. The van der Waals surface area contributed by atoms with Crippen molar-refractivity contribution >= 4 is 17.5 Å². The first-order valence-corrected chi connectivity index (χ1v) is 9.22. The molecule has 0 spiro atoms. The second kappa shape index (κ2) is 8.26. The van der Waals surface area contributed by atoms with Gasteiger partial charge in [0.1, 0.15) is 18.8 Å². The highest BCUT2D eigenvalue weighted by Gasteiger charge is 2.23. The van der Waals surface area contributed by atoms with Crippen molar-refractivity contribution in [1.29, 1.82) is 0 Å². The number of carbonyl (C=O) groups is 2. The first-order valence-electron chi connectivity index (χ1n) is 9.22. The van der Waals surface area contributed by atoms with E-state index in [0.717, 1.165) is 5.76 Å². The van der Waals surface area contributed by atoms with Crippen LogP contribution in [0.4, 0.5) is 5.69 Å². The van der Waals surface area contributed by atoms with E-state index in [0.29, 0.717) is 17.3 Å². The van der Waals surface area contributed by atoms with E-state index in [-0.39, 0.29) is 24.9 Å². The lowest BCUT2D eigenvalue weighted by Crippen LogP contribution is -2.48. The van der Waals surface area contributed by atoms with Crippen LogP contribution in [0, 0.1) is 6.92 Å². The fourth-order valence-electron chi connectivity index (χ4n) is 2.70. The van der Waals surface area contributed by atoms with Gasteiger partial charge in [0.2, 0.25) is 11.7 Å². The summed E-state index contributed by atoms with van der Waals surface area (Å²) >= 11 is 0. The lowest BCUT2D eigenvalue weighted by Gasteiger charge is -2.25. The minimum Gasteiger partial charge on any atom is -0.458 e. The van der Waals surface area contributed by atoms with Gasteiger partial charge in [-0.15, -0.1) is 10.2 Å². The van der Waals surface area contributed by atoms with E-state index in [1.54, 1.807) is 24.3 Å². The molecule has 9 heteroatoms. The molecule has 29 heavy (non-hydrogen) atoms. The summed E-state index contributed by atoms with van der Waals surface area (Å²) in [5.41, 5.74) is 0.218. The Balaban J connectivity index is 1.76. The molecule has 0 unspecified atom stereocenters. The Morgan fingerprint density at radius 3 is 2.48 bits per heavy atom. The third-order valence-corrected chi connectivity index (χ3v) is 3.88. The molecule has 9 nitrogen and oxygen atoms in total. The minimum absolute atomic E-state index is 0.112. The van der Waals surface area contributed by atoms with E-state index in [1.165, 1.54) is 9.70 Å². The zero-order valence-electron chi connectivity index (χ0n) is 16.9. The number of furan rings is 1. The fraction of sp³-hybridized carbons (Fsp3) is 0.350. The van der Waals surface area contributed by atoms with Crippen LogP contribution < -0.4 is 10.2 Å². The van der Waals surface area contributed by atoms with Crippen LogP contribution in [0.1, 0.15) is 26.5 Å². The molecule has 1 N–H and O–H groups in total. The van der Waals surface area contributed by atoms with Crippen LogP contribution in [0.2, 0.25) is 0 Å². The molecule has 0 aliphatic rings. The lowest BCUT2D eigenvalue weighted by atomic mass is 10.1. The third-order valence-electron chi connectivity index (χ3n) is 3.88. The second-order valence-electron chi connectivity index (χ2n) is 7.67. The first-order chi connectivity index (χ1) is 13.7. The maximum absolute atomic E-state index is 13.0. The van der Waals surface area contributed by atoms with Crippen LogP contribution >= 0.6 is 0 Å². The quantitative estimate of drug-likeness (QED) is 0.685. The van der Waals surface area contributed by atoms with Crippen molar-refractivity contribution in [2.24, 2.45) is 0 Å². The maximum Gasteiger partial charge on any atom is 0.251 e. The van der Waals surface area contributed by atoms with Gasteiger partial charge < -0.3 is 14.6 Å². The Bertz CT molecular complexity index is 987. The van der Waals surface area contributed by atoms with E-state index < -0.39 is 5.54 Å². The summed E-state index contributed by atoms with van der Waals surface area (Å²) in [6.45, 7) is 7.20. The average Bonchev–Trinajstić information content (AvgIpc) is 3.27. The van der Waals surface area contributed by atoms with Gasteiger partial charge in [0.05, 0.1) is 0 Å². The van der Waals surface area contributed by atoms with Gasteiger partial charge in [0.25, 0.3) is 5.91 Å². The van der Waals surface area contributed by atoms with Gasteiger partial charge in [-0.3, -0.25) is 9.59 Å². The van der Waals surface area contributed by atoms with Crippen LogP contribution in [0.3, 0.4) is 0 Å². The molecular formula is C20H24N6O3. The molecule has 0 saturated heterocycles. The monoisotopic (exact) mass is 396 g/mol. The number of benzene rings is 1. The standard InChI is InChI=1S/C20H24N6O3/c1-14-10-11-16(29-14)19-22-24-26(23-19)13-18(28)25(15-8-6-5-7-9-15)12-17(27)21-20(2,3)4/h5-11H,12-13H2,1-4H3,(H,21,27). The number of hydrogen-bond donors (Lipinski definition) is 1. The van der Waals surface area contributed by atoms with Gasteiger partial charge in [-0.2, -0.15) is 4.80 Å². The summed E-state index contributed by atoms with van der Waals surface area (Å²) < 4.78 is 5.48. The number of carbonyl (C=O) groups excluding carboxylic acids is 2. The van der Waals surface area contributed by atoms with Crippen molar-refractivity contribution in [3.63, 3.8) is 0 Å². The number of hydrogen-bond acceptors (Lipinski definition) is 6. The Hall–Kier alpha value is -3.49. The zero-order valence-corrected chi connectivity index (χ0v) is 16.9. The van der Waals surface area contributed by atoms with Gasteiger partial charge in [0, 0.05) is 11.2 Å². The molecule has 152 valence electrons. The number of rotatable bonds is 6. The Labute approximate surface area is 168 Å². The van der Waals surface area contributed by atoms with E-state index in [9.17, 15) is 9.59 Å². The SMILES string of the molecule is Cc1ccc(-c2nnn(CC(=O)N(CC(=O)NC(C)(C)C)c3ccccc3)n2)o1. The number of aromatic nitrogens is 4. The number of anilines is 1. The summed E-state index contributed by atoms with van der Waals surface area (Å²) in [5, 5.41) is 14.9. The van der Waals surface area contributed by atoms with Crippen molar-refractivity contribution < 1.29 is 14.0 Å². The Morgan fingerprint density at radius 1 is 1.14 bits per heavy atom. The third kappa shape index (κ3) is 5.50.